The first kappa shape index (κ1) is 16.1. The normalized spacial score (nSPS) is 15.7. The number of carbonyl (C=O) groups is 1. The average Bonchev–Trinajstić information content (AvgIpc) is 2.45. The van der Waals surface area contributed by atoms with Gasteiger partial charge in [-0.15, -0.1) is 0 Å². The fourth-order valence-corrected chi connectivity index (χ4v) is 3.26. The van der Waals surface area contributed by atoms with Crippen molar-refractivity contribution in [3.8, 4) is 0 Å². The highest BCUT2D eigenvalue weighted by atomic mass is 35.5. The molecular weight excluding hydrogens is 333 g/mol. The molecule has 0 bridgehead atoms. The van der Waals surface area contributed by atoms with Gasteiger partial charge in [0.05, 0.1) is 28.0 Å². The molecule has 120 valence electrons. The molecule has 6 heteroatoms. The Balaban J connectivity index is 1.87. The van der Waals surface area contributed by atoms with Crippen LogP contribution in [-0.2, 0) is 0 Å². The highest BCUT2D eigenvalue weighted by Crippen LogP contribution is 2.39. The molecule has 0 spiro atoms. The second-order valence-corrected chi connectivity index (χ2v) is 6.59. The van der Waals surface area contributed by atoms with Crippen LogP contribution in [0.15, 0.2) is 36.5 Å². The van der Waals surface area contributed by atoms with Gasteiger partial charge in [0.15, 0.2) is 0 Å². The minimum Gasteiger partial charge on any atom is -0.397 e. The van der Waals surface area contributed by atoms with Gasteiger partial charge in [0.25, 0.3) is 5.91 Å². The molecule has 1 aromatic heterocycles. The first-order chi connectivity index (χ1) is 11.1. The summed E-state index contributed by atoms with van der Waals surface area (Å²) in [5, 5.41) is 3.87. The second-order valence-electron chi connectivity index (χ2n) is 5.74. The number of hydrogen-bond acceptors (Lipinski definition) is 3. The summed E-state index contributed by atoms with van der Waals surface area (Å²) >= 11 is 12.0. The number of carbonyl (C=O) groups excluding carboxylic acids is 1. The van der Waals surface area contributed by atoms with Crippen LogP contribution in [0, 0.1) is 5.92 Å². The standard InChI is InChI=1S/C17H17Cl2N3O/c18-11-6-7-12(13(19)9-11)17(23)22-15(10-3-1-4-10)16-14(20)5-2-8-21-16/h2,5-10,15H,1,3-4,20H2,(H,22,23). The number of hydrogen-bond donors (Lipinski definition) is 2. The van der Waals surface area contributed by atoms with E-state index in [0.717, 1.165) is 25.0 Å². The predicted octanol–water partition coefficient (Wildman–Crippen LogP) is 4.24. The van der Waals surface area contributed by atoms with E-state index in [-0.39, 0.29) is 11.9 Å². The lowest BCUT2D eigenvalue weighted by molar-refractivity contribution is 0.0899. The SMILES string of the molecule is Nc1cccnc1C(NC(=O)c1ccc(Cl)cc1Cl)C1CCC1. The molecule has 1 aromatic carbocycles. The fourth-order valence-electron chi connectivity index (χ4n) is 2.77. The number of anilines is 1. The number of nitrogens with zero attached hydrogens (tertiary/aromatic N) is 1. The zero-order valence-electron chi connectivity index (χ0n) is 12.4. The summed E-state index contributed by atoms with van der Waals surface area (Å²) in [6, 6.07) is 8.22. The number of nitrogens with one attached hydrogen (secondary N) is 1. The largest absolute Gasteiger partial charge is 0.397 e. The van der Waals surface area contributed by atoms with Crippen LogP contribution in [0.4, 0.5) is 5.69 Å². The Labute approximate surface area is 145 Å². The summed E-state index contributed by atoms with van der Waals surface area (Å²) in [6.07, 6.45) is 4.95. The Kier molecular flexibility index (Phi) is 4.74. The second kappa shape index (κ2) is 6.77. The molecule has 1 unspecified atom stereocenters. The van der Waals surface area contributed by atoms with Gasteiger partial charge in [-0.3, -0.25) is 9.78 Å². The van der Waals surface area contributed by atoms with E-state index in [4.69, 9.17) is 28.9 Å². The van der Waals surface area contributed by atoms with Crippen molar-refractivity contribution in [3.05, 3.63) is 57.8 Å². The van der Waals surface area contributed by atoms with Crippen molar-refractivity contribution < 1.29 is 4.79 Å². The van der Waals surface area contributed by atoms with Crippen molar-refractivity contribution in [1.82, 2.24) is 10.3 Å². The van der Waals surface area contributed by atoms with E-state index in [1.807, 2.05) is 0 Å². The van der Waals surface area contributed by atoms with Gasteiger partial charge in [-0.2, -0.15) is 0 Å². The van der Waals surface area contributed by atoms with Crippen molar-refractivity contribution in [3.63, 3.8) is 0 Å². The summed E-state index contributed by atoms with van der Waals surface area (Å²) in [5.41, 5.74) is 7.75. The highest BCUT2D eigenvalue weighted by Gasteiger charge is 2.32. The number of nitrogens with two attached hydrogens (primary N) is 1. The Morgan fingerprint density at radius 3 is 2.70 bits per heavy atom. The summed E-state index contributed by atoms with van der Waals surface area (Å²) in [5.74, 6) is 0.107. The minimum atomic E-state index is -0.242. The lowest BCUT2D eigenvalue weighted by Crippen LogP contribution is -2.37. The monoisotopic (exact) mass is 349 g/mol. The van der Waals surface area contributed by atoms with Crippen LogP contribution in [0.2, 0.25) is 10.0 Å². The lowest BCUT2D eigenvalue weighted by Gasteiger charge is -2.34. The van der Waals surface area contributed by atoms with Gasteiger partial charge in [-0.05, 0) is 49.1 Å². The summed E-state index contributed by atoms with van der Waals surface area (Å²) < 4.78 is 0. The summed E-state index contributed by atoms with van der Waals surface area (Å²) in [6.45, 7) is 0. The molecule has 1 amide bonds. The molecule has 4 nitrogen and oxygen atoms in total. The van der Waals surface area contributed by atoms with Crippen LogP contribution < -0.4 is 11.1 Å². The molecule has 23 heavy (non-hydrogen) atoms. The van der Waals surface area contributed by atoms with E-state index >= 15 is 0 Å². The molecule has 1 aliphatic rings. The fraction of sp³-hybridized carbons (Fsp3) is 0.294. The molecule has 0 radical (unpaired) electrons. The van der Waals surface area contributed by atoms with E-state index in [0.29, 0.717) is 27.2 Å². The lowest BCUT2D eigenvalue weighted by atomic mass is 9.78. The van der Waals surface area contributed by atoms with Gasteiger partial charge >= 0.3 is 0 Å². The highest BCUT2D eigenvalue weighted by molar-refractivity contribution is 6.36. The number of benzene rings is 1. The van der Waals surface area contributed by atoms with Gasteiger partial charge in [0, 0.05) is 11.2 Å². The Morgan fingerprint density at radius 2 is 2.09 bits per heavy atom. The minimum absolute atomic E-state index is 0.204. The third kappa shape index (κ3) is 3.43. The van der Waals surface area contributed by atoms with E-state index in [1.54, 1.807) is 36.5 Å². The smallest absolute Gasteiger partial charge is 0.253 e. The van der Waals surface area contributed by atoms with Crippen molar-refractivity contribution in [1.29, 1.82) is 0 Å². The molecule has 1 aliphatic carbocycles. The maximum atomic E-state index is 12.6. The number of pyridine rings is 1. The first-order valence-electron chi connectivity index (χ1n) is 7.52. The van der Waals surface area contributed by atoms with E-state index in [2.05, 4.69) is 10.3 Å². The Bertz CT molecular complexity index is 732. The molecule has 2 aromatic rings. The summed E-state index contributed by atoms with van der Waals surface area (Å²) in [7, 11) is 0. The van der Waals surface area contributed by atoms with Crippen molar-refractivity contribution in [2.45, 2.75) is 25.3 Å². The third-order valence-electron chi connectivity index (χ3n) is 4.25. The third-order valence-corrected chi connectivity index (χ3v) is 4.80. The van der Waals surface area contributed by atoms with Crippen LogP contribution in [0.5, 0.6) is 0 Å². The van der Waals surface area contributed by atoms with Crippen molar-refractivity contribution in [2.75, 3.05) is 5.73 Å². The predicted molar refractivity (Wildman–Crippen MR) is 92.7 cm³/mol. The van der Waals surface area contributed by atoms with Gasteiger partial charge < -0.3 is 11.1 Å². The number of aromatic nitrogens is 1. The van der Waals surface area contributed by atoms with Crippen LogP contribution in [-0.4, -0.2) is 10.9 Å². The maximum absolute atomic E-state index is 12.6. The van der Waals surface area contributed by atoms with Crippen molar-refractivity contribution >= 4 is 34.8 Å². The first-order valence-corrected chi connectivity index (χ1v) is 8.28. The summed E-state index contributed by atoms with van der Waals surface area (Å²) in [4.78, 5) is 17.0. The molecule has 1 fully saturated rings. The number of nitrogen functional groups attached to an aromatic ring is 1. The molecule has 3 N–H and O–H groups in total. The molecule has 1 heterocycles. The Morgan fingerprint density at radius 1 is 1.30 bits per heavy atom. The van der Waals surface area contributed by atoms with Crippen LogP contribution in [0.1, 0.15) is 41.4 Å². The topological polar surface area (TPSA) is 68.0 Å². The van der Waals surface area contributed by atoms with Gasteiger partial charge in [0.1, 0.15) is 0 Å². The van der Waals surface area contributed by atoms with Gasteiger partial charge in [-0.25, -0.2) is 0 Å². The molecule has 0 aliphatic heterocycles. The number of amides is 1. The zero-order valence-corrected chi connectivity index (χ0v) is 13.9. The number of rotatable bonds is 4. The van der Waals surface area contributed by atoms with Crippen LogP contribution >= 0.6 is 23.2 Å². The van der Waals surface area contributed by atoms with Crippen molar-refractivity contribution in [2.24, 2.45) is 5.92 Å². The number of halogens is 2. The Hall–Kier alpha value is -1.78. The van der Waals surface area contributed by atoms with Crippen LogP contribution in [0.25, 0.3) is 0 Å². The van der Waals surface area contributed by atoms with E-state index < -0.39 is 0 Å². The molecule has 1 saturated carbocycles. The zero-order chi connectivity index (χ0) is 16.4. The maximum Gasteiger partial charge on any atom is 0.253 e. The van der Waals surface area contributed by atoms with Gasteiger partial charge in [-0.1, -0.05) is 29.6 Å². The molecular formula is C17H17Cl2N3O. The molecule has 3 rings (SSSR count). The average molecular weight is 350 g/mol. The molecule has 0 saturated heterocycles. The van der Waals surface area contributed by atoms with E-state index in [1.165, 1.54) is 0 Å². The van der Waals surface area contributed by atoms with Gasteiger partial charge in [0.2, 0.25) is 0 Å². The quantitative estimate of drug-likeness (QED) is 0.867. The van der Waals surface area contributed by atoms with E-state index in [9.17, 15) is 4.79 Å². The molecule has 1 atom stereocenters. The van der Waals surface area contributed by atoms with Crippen LogP contribution in [0.3, 0.4) is 0 Å².